The molecule has 0 bridgehead atoms. The largest absolute Gasteiger partial charge is 0.412 e. The lowest BCUT2D eigenvalue weighted by molar-refractivity contribution is -0.142. The molecule has 0 radical (unpaired) electrons. The molecule has 0 saturated heterocycles. The highest BCUT2D eigenvalue weighted by molar-refractivity contribution is 6.62. The third-order valence-electron chi connectivity index (χ3n) is 0.640. The molecule has 0 heterocycles. The Morgan fingerprint density at radius 3 is 1.11 bits per heavy atom. The van der Waals surface area contributed by atoms with Gasteiger partial charge in [0.1, 0.15) is 0 Å². The Morgan fingerprint density at radius 1 is 0.889 bits per heavy atom. The molecular weight excluding hydrogens is 124 g/mol. The van der Waals surface area contributed by atoms with Gasteiger partial charge >= 0.3 is 0 Å². The molecule has 0 aromatic carbocycles. The van der Waals surface area contributed by atoms with Crippen molar-refractivity contribution in [3.8, 4) is 0 Å². The molecule has 0 atom stereocenters. The quantitative estimate of drug-likeness (QED) is 0.353. The van der Waals surface area contributed by atoms with Crippen molar-refractivity contribution in [1.82, 2.24) is 0 Å². The normalized spacial score (nSPS) is 7.33. The van der Waals surface area contributed by atoms with E-state index in [9.17, 15) is 14.4 Å². The predicted molar refractivity (Wildman–Crippen MR) is 30.0 cm³/mol. The molecule has 0 rings (SSSR count). The van der Waals surface area contributed by atoms with Crippen molar-refractivity contribution >= 4 is 17.3 Å². The molecule has 4 nitrogen and oxygen atoms in total. The van der Waals surface area contributed by atoms with Crippen LogP contribution in [0.2, 0.25) is 0 Å². The second kappa shape index (κ2) is 3.91. The van der Waals surface area contributed by atoms with Crippen LogP contribution in [0.1, 0.15) is 13.8 Å². The van der Waals surface area contributed by atoms with Crippen molar-refractivity contribution < 1.29 is 19.9 Å². The minimum absolute atomic E-state index is 0. The second-order valence-corrected chi connectivity index (χ2v) is 1.44. The number of rotatable bonds is 2. The number of hydrogen-bond acceptors (Lipinski definition) is 3. The van der Waals surface area contributed by atoms with E-state index in [1.54, 1.807) is 0 Å². The minimum Gasteiger partial charge on any atom is -0.412 e. The predicted octanol–water partition coefficient (Wildman–Crippen LogP) is -1.09. The van der Waals surface area contributed by atoms with Crippen LogP contribution in [0.4, 0.5) is 0 Å². The summed E-state index contributed by atoms with van der Waals surface area (Å²) >= 11 is 0. The summed E-state index contributed by atoms with van der Waals surface area (Å²) in [6.45, 7) is 2.15. The first kappa shape index (κ1) is 10.9. The smallest absolute Gasteiger partial charge is 0.263 e. The van der Waals surface area contributed by atoms with Gasteiger partial charge in [0.2, 0.25) is 11.6 Å². The summed E-state index contributed by atoms with van der Waals surface area (Å²) in [5, 5.41) is 0. The van der Waals surface area contributed by atoms with Crippen LogP contribution in [0.3, 0.4) is 0 Å². The maximum Gasteiger partial charge on any atom is 0.263 e. The first-order valence-corrected chi connectivity index (χ1v) is 2.11. The molecular formula is C5H8O4. The van der Waals surface area contributed by atoms with E-state index in [1.165, 1.54) is 0 Å². The lowest BCUT2D eigenvalue weighted by Gasteiger charge is -1.81. The van der Waals surface area contributed by atoms with Crippen LogP contribution < -0.4 is 0 Å². The summed E-state index contributed by atoms with van der Waals surface area (Å²) < 4.78 is 0. The summed E-state index contributed by atoms with van der Waals surface area (Å²) in [7, 11) is 0. The van der Waals surface area contributed by atoms with E-state index in [-0.39, 0.29) is 5.48 Å². The Kier molecular flexibility index (Phi) is 4.72. The Labute approximate surface area is 52.2 Å². The first-order valence-electron chi connectivity index (χ1n) is 2.11. The molecule has 0 unspecified atom stereocenters. The van der Waals surface area contributed by atoms with Gasteiger partial charge in [0.15, 0.2) is 0 Å². The third-order valence-corrected chi connectivity index (χ3v) is 0.640. The molecule has 9 heavy (non-hydrogen) atoms. The van der Waals surface area contributed by atoms with E-state index in [0.29, 0.717) is 0 Å². The molecule has 4 heteroatoms. The van der Waals surface area contributed by atoms with Crippen LogP contribution >= 0.6 is 0 Å². The Bertz CT molecular complexity index is 131. The van der Waals surface area contributed by atoms with Gasteiger partial charge in [-0.1, -0.05) is 0 Å². The van der Waals surface area contributed by atoms with E-state index >= 15 is 0 Å². The number of Topliss-reactive ketones (excluding diaryl/α,β-unsaturated/α-hetero) is 3. The van der Waals surface area contributed by atoms with Gasteiger partial charge in [0.25, 0.3) is 5.78 Å². The third kappa shape index (κ3) is 3.54. The zero-order valence-corrected chi connectivity index (χ0v) is 5.22. The van der Waals surface area contributed by atoms with Crippen LogP contribution in [-0.4, -0.2) is 22.8 Å². The summed E-state index contributed by atoms with van der Waals surface area (Å²) in [4.78, 5) is 30.2. The fraction of sp³-hybridized carbons (Fsp3) is 0.400. The maximum absolute atomic E-state index is 10.1. The highest BCUT2D eigenvalue weighted by atomic mass is 16.2. The van der Waals surface area contributed by atoms with Crippen LogP contribution in [0.5, 0.6) is 0 Å². The SMILES string of the molecule is CC(=O)C(=O)C(C)=O.O. The van der Waals surface area contributed by atoms with Gasteiger partial charge < -0.3 is 5.48 Å². The van der Waals surface area contributed by atoms with E-state index in [0.717, 1.165) is 13.8 Å². The minimum atomic E-state index is -0.926. The van der Waals surface area contributed by atoms with Crippen molar-refractivity contribution in [3.05, 3.63) is 0 Å². The molecule has 0 aliphatic rings. The fourth-order valence-corrected chi connectivity index (χ4v) is 0.248. The van der Waals surface area contributed by atoms with Gasteiger partial charge in [0.05, 0.1) is 0 Å². The summed E-state index contributed by atoms with van der Waals surface area (Å²) in [6, 6.07) is 0. The molecule has 0 amide bonds. The van der Waals surface area contributed by atoms with Gasteiger partial charge in [0, 0.05) is 13.8 Å². The van der Waals surface area contributed by atoms with E-state index < -0.39 is 17.3 Å². The highest BCUT2D eigenvalue weighted by Crippen LogP contribution is 1.75. The van der Waals surface area contributed by atoms with Gasteiger partial charge in [-0.05, 0) is 0 Å². The topological polar surface area (TPSA) is 82.7 Å². The zero-order chi connectivity index (χ0) is 6.73. The molecule has 2 N–H and O–H groups in total. The monoisotopic (exact) mass is 132 g/mol. The van der Waals surface area contributed by atoms with Crippen molar-refractivity contribution in [2.45, 2.75) is 13.8 Å². The number of hydrogen-bond donors (Lipinski definition) is 0. The average Bonchev–Trinajstić information content (AvgIpc) is 1.64. The zero-order valence-electron chi connectivity index (χ0n) is 5.22. The molecule has 0 aliphatic carbocycles. The van der Waals surface area contributed by atoms with Crippen LogP contribution in [0, 0.1) is 0 Å². The van der Waals surface area contributed by atoms with Crippen molar-refractivity contribution in [1.29, 1.82) is 0 Å². The Morgan fingerprint density at radius 2 is 1.11 bits per heavy atom. The van der Waals surface area contributed by atoms with Crippen LogP contribution in [0.25, 0.3) is 0 Å². The molecule has 0 aromatic rings. The molecule has 52 valence electrons. The molecule has 0 aliphatic heterocycles. The van der Waals surface area contributed by atoms with Gasteiger partial charge in [-0.25, -0.2) is 0 Å². The van der Waals surface area contributed by atoms with Crippen molar-refractivity contribution in [3.63, 3.8) is 0 Å². The van der Waals surface area contributed by atoms with E-state index in [4.69, 9.17) is 0 Å². The number of carbonyl (C=O) groups is 3. The number of ketones is 3. The van der Waals surface area contributed by atoms with Crippen molar-refractivity contribution in [2.75, 3.05) is 0 Å². The first-order chi connectivity index (χ1) is 3.55. The maximum atomic E-state index is 10.1. The fourth-order valence-electron chi connectivity index (χ4n) is 0.248. The Balaban J connectivity index is 0. The second-order valence-electron chi connectivity index (χ2n) is 1.44. The van der Waals surface area contributed by atoms with E-state index in [1.807, 2.05) is 0 Å². The highest BCUT2D eigenvalue weighted by Gasteiger charge is 2.11. The average molecular weight is 132 g/mol. The lowest BCUT2D eigenvalue weighted by Crippen LogP contribution is -2.17. The summed E-state index contributed by atoms with van der Waals surface area (Å²) in [5.74, 6) is -2.32. The van der Waals surface area contributed by atoms with Crippen molar-refractivity contribution in [2.24, 2.45) is 0 Å². The Hall–Kier alpha value is -1.03. The van der Waals surface area contributed by atoms with Gasteiger partial charge in [-0.15, -0.1) is 0 Å². The van der Waals surface area contributed by atoms with Gasteiger partial charge in [-0.2, -0.15) is 0 Å². The molecule has 0 spiro atoms. The lowest BCUT2D eigenvalue weighted by atomic mass is 10.2. The van der Waals surface area contributed by atoms with Gasteiger partial charge in [-0.3, -0.25) is 14.4 Å². The molecule has 0 aromatic heterocycles. The standard InChI is InChI=1S/C5H6O3.H2O/c1-3(6)5(8)4(2)7;/h1-2H3;1H2. The summed E-state index contributed by atoms with van der Waals surface area (Å²) in [5.41, 5.74) is 0. The van der Waals surface area contributed by atoms with Crippen LogP contribution in [0.15, 0.2) is 0 Å². The number of carbonyl (C=O) groups excluding carboxylic acids is 3. The molecule has 0 fully saturated rings. The van der Waals surface area contributed by atoms with E-state index in [2.05, 4.69) is 0 Å². The van der Waals surface area contributed by atoms with Crippen LogP contribution in [-0.2, 0) is 14.4 Å². The molecule has 0 saturated carbocycles. The summed E-state index contributed by atoms with van der Waals surface area (Å²) in [6.07, 6.45) is 0.